The van der Waals surface area contributed by atoms with Gasteiger partial charge < -0.3 is 30.3 Å². The Bertz CT molecular complexity index is 687. The topological polar surface area (TPSA) is 100 Å². The molecule has 0 bridgehead atoms. The molecule has 0 spiro atoms. The molecule has 1 aromatic heterocycles. The van der Waals surface area contributed by atoms with Crippen molar-refractivity contribution in [3.8, 4) is 0 Å². The first-order chi connectivity index (χ1) is 14.3. The Labute approximate surface area is 179 Å². The van der Waals surface area contributed by atoms with Crippen LogP contribution >= 0.6 is 0 Å². The highest BCUT2D eigenvalue weighted by Crippen LogP contribution is 2.15. The third-order valence-electron chi connectivity index (χ3n) is 4.37. The Morgan fingerprint density at radius 2 is 2.07 bits per heavy atom. The number of ether oxygens (including phenoxy) is 2. The molecule has 2 heterocycles. The standard InChI is InChI=1S/C21H36N6O3/c1-16-15-27(11-12-29-16)18-8-7-17(13-25-18)14-26-19(22-5)23-9-6-10-24-20(28)30-21(2,3)4/h7-8,13,16H,6,9-12,14-15H2,1-5H3,(H,24,28)(H2,22,23,26). The number of pyridine rings is 1. The van der Waals surface area contributed by atoms with Gasteiger partial charge in [0.15, 0.2) is 5.96 Å². The van der Waals surface area contributed by atoms with Crippen LogP contribution in [0.25, 0.3) is 0 Å². The summed E-state index contributed by atoms with van der Waals surface area (Å²) < 4.78 is 10.8. The van der Waals surface area contributed by atoms with E-state index in [9.17, 15) is 4.79 Å². The number of alkyl carbamates (subject to hydrolysis) is 1. The lowest BCUT2D eigenvalue weighted by Crippen LogP contribution is -2.41. The van der Waals surface area contributed by atoms with E-state index in [2.05, 4.69) is 43.8 Å². The predicted molar refractivity (Wildman–Crippen MR) is 119 cm³/mol. The lowest BCUT2D eigenvalue weighted by molar-refractivity contribution is 0.0524. The van der Waals surface area contributed by atoms with Crippen LogP contribution in [0.2, 0.25) is 0 Å². The van der Waals surface area contributed by atoms with E-state index in [4.69, 9.17) is 9.47 Å². The number of hydrogen-bond acceptors (Lipinski definition) is 6. The Morgan fingerprint density at radius 1 is 1.30 bits per heavy atom. The van der Waals surface area contributed by atoms with Crippen molar-refractivity contribution in [2.75, 3.05) is 44.7 Å². The monoisotopic (exact) mass is 420 g/mol. The van der Waals surface area contributed by atoms with Gasteiger partial charge in [0.05, 0.1) is 12.7 Å². The minimum absolute atomic E-state index is 0.232. The number of nitrogens with one attached hydrogen (secondary N) is 3. The molecule has 9 heteroatoms. The fourth-order valence-electron chi connectivity index (χ4n) is 2.94. The van der Waals surface area contributed by atoms with Crippen LogP contribution in [0.4, 0.5) is 10.6 Å². The fraction of sp³-hybridized carbons (Fsp3) is 0.667. The number of carbonyl (C=O) groups excluding carboxylic acids is 1. The van der Waals surface area contributed by atoms with Crippen LogP contribution in [0.3, 0.4) is 0 Å². The van der Waals surface area contributed by atoms with Gasteiger partial charge in [-0.05, 0) is 45.7 Å². The lowest BCUT2D eigenvalue weighted by Gasteiger charge is -2.32. The van der Waals surface area contributed by atoms with Gasteiger partial charge in [0, 0.05) is 46.0 Å². The van der Waals surface area contributed by atoms with E-state index in [0.29, 0.717) is 25.6 Å². The van der Waals surface area contributed by atoms with Crippen LogP contribution in [0.5, 0.6) is 0 Å². The summed E-state index contributed by atoms with van der Waals surface area (Å²) >= 11 is 0. The first-order valence-corrected chi connectivity index (χ1v) is 10.5. The number of hydrogen-bond donors (Lipinski definition) is 3. The molecular weight excluding hydrogens is 384 g/mol. The zero-order chi connectivity index (χ0) is 22.0. The molecule has 1 atom stereocenters. The molecule has 1 saturated heterocycles. The van der Waals surface area contributed by atoms with Crippen LogP contribution in [0.1, 0.15) is 39.7 Å². The van der Waals surface area contributed by atoms with Gasteiger partial charge in [-0.1, -0.05) is 6.07 Å². The number of aromatic nitrogens is 1. The zero-order valence-corrected chi connectivity index (χ0v) is 18.8. The Balaban J connectivity index is 1.66. The van der Waals surface area contributed by atoms with Crippen molar-refractivity contribution in [2.45, 2.75) is 52.4 Å². The molecule has 0 aliphatic carbocycles. The SMILES string of the molecule is CN=C(NCCCNC(=O)OC(C)(C)C)NCc1ccc(N2CCOC(C)C2)nc1. The number of anilines is 1. The van der Waals surface area contributed by atoms with Crippen LogP contribution in [0.15, 0.2) is 23.3 Å². The second kappa shape index (κ2) is 11.6. The van der Waals surface area contributed by atoms with Crippen LogP contribution < -0.4 is 20.9 Å². The minimum atomic E-state index is -0.484. The van der Waals surface area contributed by atoms with Crippen molar-refractivity contribution in [3.05, 3.63) is 23.9 Å². The van der Waals surface area contributed by atoms with Gasteiger partial charge in [0.2, 0.25) is 0 Å². The fourth-order valence-corrected chi connectivity index (χ4v) is 2.94. The number of nitrogens with zero attached hydrogens (tertiary/aromatic N) is 3. The van der Waals surface area contributed by atoms with Crippen molar-refractivity contribution < 1.29 is 14.3 Å². The van der Waals surface area contributed by atoms with Gasteiger partial charge in [-0.2, -0.15) is 0 Å². The average molecular weight is 421 g/mol. The van der Waals surface area contributed by atoms with Crippen molar-refractivity contribution >= 4 is 17.9 Å². The molecule has 1 aromatic rings. The summed E-state index contributed by atoms with van der Waals surface area (Å²) in [5, 5.41) is 9.25. The number of amides is 1. The second-order valence-corrected chi connectivity index (χ2v) is 8.29. The summed E-state index contributed by atoms with van der Waals surface area (Å²) in [6.45, 7) is 11.9. The summed E-state index contributed by atoms with van der Waals surface area (Å²) in [5.74, 6) is 1.69. The average Bonchev–Trinajstić information content (AvgIpc) is 2.69. The van der Waals surface area contributed by atoms with E-state index in [1.165, 1.54) is 0 Å². The molecule has 0 aromatic carbocycles. The third kappa shape index (κ3) is 8.86. The molecule has 1 unspecified atom stereocenters. The van der Waals surface area contributed by atoms with Crippen molar-refractivity contribution in [2.24, 2.45) is 4.99 Å². The highest BCUT2D eigenvalue weighted by atomic mass is 16.6. The van der Waals surface area contributed by atoms with Crippen molar-refractivity contribution in [1.82, 2.24) is 20.9 Å². The molecule has 0 saturated carbocycles. The number of morpholine rings is 1. The molecule has 3 N–H and O–H groups in total. The smallest absolute Gasteiger partial charge is 0.407 e. The summed E-state index contributed by atoms with van der Waals surface area (Å²) in [6.07, 6.45) is 2.48. The number of guanidine groups is 1. The molecule has 9 nitrogen and oxygen atoms in total. The minimum Gasteiger partial charge on any atom is -0.444 e. The molecule has 2 rings (SSSR count). The summed E-state index contributed by atoms with van der Waals surface area (Å²) in [5.41, 5.74) is 0.594. The number of rotatable bonds is 7. The quantitative estimate of drug-likeness (QED) is 0.352. The van der Waals surface area contributed by atoms with E-state index >= 15 is 0 Å². The highest BCUT2D eigenvalue weighted by molar-refractivity contribution is 5.79. The molecule has 0 radical (unpaired) electrons. The van der Waals surface area contributed by atoms with Crippen LogP contribution in [-0.2, 0) is 16.0 Å². The molecule has 1 aliphatic heterocycles. The van der Waals surface area contributed by atoms with Crippen molar-refractivity contribution in [3.63, 3.8) is 0 Å². The number of aliphatic imine (C=N–C) groups is 1. The molecule has 1 amide bonds. The molecule has 1 fully saturated rings. The maximum Gasteiger partial charge on any atom is 0.407 e. The normalized spacial score (nSPS) is 17.4. The van der Waals surface area contributed by atoms with Crippen LogP contribution in [0, 0.1) is 0 Å². The first kappa shape index (κ1) is 23.7. The Kier molecular flexibility index (Phi) is 9.16. The summed E-state index contributed by atoms with van der Waals surface area (Å²) in [6, 6.07) is 4.13. The third-order valence-corrected chi connectivity index (χ3v) is 4.37. The van der Waals surface area contributed by atoms with Gasteiger partial charge in [-0.15, -0.1) is 0 Å². The van der Waals surface area contributed by atoms with Crippen molar-refractivity contribution in [1.29, 1.82) is 0 Å². The van der Waals surface area contributed by atoms with Crippen LogP contribution in [-0.4, -0.2) is 68.6 Å². The summed E-state index contributed by atoms with van der Waals surface area (Å²) in [4.78, 5) is 22.7. The van der Waals surface area contributed by atoms with Gasteiger partial charge in [-0.25, -0.2) is 9.78 Å². The molecular formula is C21H36N6O3. The maximum atomic E-state index is 11.6. The van der Waals surface area contributed by atoms with E-state index in [1.54, 1.807) is 7.05 Å². The Hall–Kier alpha value is -2.55. The highest BCUT2D eigenvalue weighted by Gasteiger charge is 2.18. The first-order valence-electron chi connectivity index (χ1n) is 10.5. The molecule has 168 valence electrons. The van der Waals surface area contributed by atoms with Gasteiger partial charge in [-0.3, -0.25) is 4.99 Å². The van der Waals surface area contributed by atoms with Gasteiger partial charge in [0.25, 0.3) is 0 Å². The predicted octanol–water partition coefficient (Wildman–Crippen LogP) is 1.89. The van der Waals surface area contributed by atoms with Gasteiger partial charge >= 0.3 is 6.09 Å². The van der Waals surface area contributed by atoms with Gasteiger partial charge in [0.1, 0.15) is 11.4 Å². The molecule has 30 heavy (non-hydrogen) atoms. The second-order valence-electron chi connectivity index (χ2n) is 8.29. The zero-order valence-electron chi connectivity index (χ0n) is 18.8. The maximum absolute atomic E-state index is 11.6. The van der Waals surface area contributed by atoms with E-state index in [1.807, 2.05) is 33.0 Å². The van der Waals surface area contributed by atoms with E-state index < -0.39 is 11.7 Å². The Morgan fingerprint density at radius 3 is 2.70 bits per heavy atom. The van der Waals surface area contributed by atoms with E-state index in [-0.39, 0.29) is 6.10 Å². The lowest BCUT2D eigenvalue weighted by atomic mass is 10.2. The largest absolute Gasteiger partial charge is 0.444 e. The summed E-state index contributed by atoms with van der Waals surface area (Å²) in [7, 11) is 1.73. The molecule has 1 aliphatic rings. The number of carbonyl (C=O) groups is 1. The van der Waals surface area contributed by atoms with E-state index in [0.717, 1.165) is 37.5 Å².